The lowest BCUT2D eigenvalue weighted by atomic mass is 10.3. The van der Waals surface area contributed by atoms with E-state index in [0.29, 0.717) is 6.01 Å². The van der Waals surface area contributed by atoms with E-state index in [-0.39, 0.29) is 6.10 Å². The quantitative estimate of drug-likeness (QED) is 0.717. The maximum atomic E-state index is 5.66. The van der Waals surface area contributed by atoms with Gasteiger partial charge in [-0.1, -0.05) is 0 Å². The normalized spacial score (nSPS) is 22.1. The second-order valence-electron chi connectivity index (χ2n) is 3.09. The molecule has 1 fully saturated rings. The fraction of sp³-hybridized carbons (Fsp3) is 0.750. The molecule has 5 heteroatoms. The summed E-state index contributed by atoms with van der Waals surface area (Å²) in [5.41, 5.74) is 0. The minimum absolute atomic E-state index is 0.259. The van der Waals surface area contributed by atoms with E-state index >= 15 is 0 Å². The van der Waals surface area contributed by atoms with Crippen molar-refractivity contribution in [2.24, 2.45) is 0 Å². The van der Waals surface area contributed by atoms with Gasteiger partial charge in [0.1, 0.15) is 12.4 Å². The molecule has 1 atom stereocenters. The van der Waals surface area contributed by atoms with Crippen molar-refractivity contribution in [3.05, 3.63) is 6.33 Å². The highest BCUT2D eigenvalue weighted by Gasteiger charge is 2.18. The van der Waals surface area contributed by atoms with Gasteiger partial charge >= 0.3 is 6.01 Å². The van der Waals surface area contributed by atoms with Gasteiger partial charge in [-0.15, -0.1) is 0 Å². The van der Waals surface area contributed by atoms with Crippen LogP contribution < -0.4 is 10.1 Å². The first-order chi connectivity index (χ1) is 6.40. The van der Waals surface area contributed by atoms with E-state index in [1.165, 1.54) is 6.33 Å². The molecule has 1 aromatic heterocycles. The number of aryl methyl sites for hydroxylation is 1. The van der Waals surface area contributed by atoms with Crippen molar-refractivity contribution in [3.8, 4) is 6.01 Å². The van der Waals surface area contributed by atoms with Crippen LogP contribution >= 0.6 is 0 Å². The van der Waals surface area contributed by atoms with Crippen molar-refractivity contribution in [2.45, 2.75) is 26.0 Å². The van der Waals surface area contributed by atoms with Crippen LogP contribution in [-0.4, -0.2) is 34.0 Å². The third kappa shape index (κ3) is 1.80. The average Bonchev–Trinajstić information content (AvgIpc) is 2.76. The molecule has 0 aliphatic carbocycles. The van der Waals surface area contributed by atoms with Crippen LogP contribution in [-0.2, 0) is 6.54 Å². The smallest absolute Gasteiger partial charge is 0.315 e. The third-order valence-electron chi connectivity index (χ3n) is 2.17. The maximum absolute atomic E-state index is 5.66. The molecule has 0 aromatic carbocycles. The summed E-state index contributed by atoms with van der Waals surface area (Å²) in [6, 6.07) is 0.635. The van der Waals surface area contributed by atoms with Crippen LogP contribution in [0.5, 0.6) is 6.01 Å². The van der Waals surface area contributed by atoms with E-state index in [0.717, 1.165) is 26.1 Å². The fourth-order valence-electron chi connectivity index (χ4n) is 1.44. The van der Waals surface area contributed by atoms with Gasteiger partial charge in [-0.3, -0.25) is 0 Å². The van der Waals surface area contributed by atoms with Crippen LogP contribution in [0.2, 0.25) is 0 Å². The second kappa shape index (κ2) is 3.74. The maximum Gasteiger partial charge on any atom is 0.315 e. The summed E-state index contributed by atoms with van der Waals surface area (Å²) < 4.78 is 7.43. The lowest BCUT2D eigenvalue weighted by molar-refractivity contribution is 0.192. The molecule has 1 aromatic rings. The average molecular weight is 182 g/mol. The first kappa shape index (κ1) is 8.50. The Bertz CT molecular complexity index is 267. The largest absolute Gasteiger partial charge is 0.459 e. The van der Waals surface area contributed by atoms with Crippen LogP contribution in [0.4, 0.5) is 0 Å². The summed E-state index contributed by atoms with van der Waals surface area (Å²) in [7, 11) is 0. The predicted molar refractivity (Wildman–Crippen MR) is 47.6 cm³/mol. The predicted octanol–water partition coefficient (Wildman–Crippen LogP) is 0.0387. The number of nitrogens with zero attached hydrogens (tertiary/aromatic N) is 3. The van der Waals surface area contributed by atoms with Gasteiger partial charge < -0.3 is 10.1 Å². The highest BCUT2D eigenvalue weighted by atomic mass is 16.5. The van der Waals surface area contributed by atoms with Gasteiger partial charge in [0.2, 0.25) is 0 Å². The van der Waals surface area contributed by atoms with Gasteiger partial charge in [0, 0.05) is 13.1 Å². The van der Waals surface area contributed by atoms with Crippen molar-refractivity contribution in [2.75, 3.05) is 13.1 Å². The van der Waals surface area contributed by atoms with Crippen molar-refractivity contribution in [1.29, 1.82) is 0 Å². The molecule has 0 spiro atoms. The van der Waals surface area contributed by atoms with Crippen LogP contribution in [0.3, 0.4) is 0 Å². The number of aromatic nitrogens is 3. The minimum Gasteiger partial charge on any atom is -0.459 e. The van der Waals surface area contributed by atoms with E-state index in [4.69, 9.17) is 4.74 Å². The van der Waals surface area contributed by atoms with E-state index in [1.807, 2.05) is 6.92 Å². The van der Waals surface area contributed by atoms with Gasteiger partial charge in [-0.25, -0.2) is 4.68 Å². The molecule has 13 heavy (non-hydrogen) atoms. The zero-order valence-corrected chi connectivity index (χ0v) is 7.73. The van der Waals surface area contributed by atoms with Gasteiger partial charge in [0.15, 0.2) is 0 Å². The standard InChI is InChI=1S/C8H14N4O/c1-2-12-8(10-6-11-12)13-7-3-4-9-5-7/h6-7,9H,2-5H2,1H3. The van der Waals surface area contributed by atoms with Crippen LogP contribution in [0.15, 0.2) is 6.33 Å². The van der Waals surface area contributed by atoms with Crippen molar-refractivity contribution < 1.29 is 4.74 Å². The highest BCUT2D eigenvalue weighted by Crippen LogP contribution is 2.10. The molecule has 0 saturated carbocycles. The van der Waals surface area contributed by atoms with E-state index in [1.54, 1.807) is 4.68 Å². The SMILES string of the molecule is CCn1ncnc1OC1CCNC1. The van der Waals surface area contributed by atoms with Crippen LogP contribution in [0, 0.1) is 0 Å². The molecule has 1 N–H and O–H groups in total. The minimum atomic E-state index is 0.259. The molecule has 72 valence electrons. The van der Waals surface area contributed by atoms with Gasteiger partial charge in [0.25, 0.3) is 0 Å². The van der Waals surface area contributed by atoms with Gasteiger partial charge in [-0.2, -0.15) is 10.1 Å². The Morgan fingerprint density at radius 2 is 2.69 bits per heavy atom. The molecule has 0 bridgehead atoms. The summed E-state index contributed by atoms with van der Waals surface area (Å²) in [5, 5.41) is 7.28. The topological polar surface area (TPSA) is 52.0 Å². The molecule has 0 radical (unpaired) electrons. The number of hydrogen-bond donors (Lipinski definition) is 1. The number of rotatable bonds is 3. The molecule has 1 aliphatic heterocycles. The monoisotopic (exact) mass is 182 g/mol. The molecular weight excluding hydrogens is 168 g/mol. The third-order valence-corrected chi connectivity index (χ3v) is 2.17. The summed E-state index contributed by atoms with van der Waals surface area (Å²) in [6.45, 7) is 4.77. The lowest BCUT2D eigenvalue weighted by Gasteiger charge is -2.10. The molecular formula is C8H14N4O. The number of nitrogens with one attached hydrogen (secondary N) is 1. The van der Waals surface area contributed by atoms with E-state index in [9.17, 15) is 0 Å². The van der Waals surface area contributed by atoms with Crippen molar-refractivity contribution >= 4 is 0 Å². The van der Waals surface area contributed by atoms with Gasteiger partial charge in [-0.05, 0) is 19.9 Å². The Labute approximate surface area is 77.1 Å². The Morgan fingerprint density at radius 1 is 1.77 bits per heavy atom. The van der Waals surface area contributed by atoms with Crippen LogP contribution in [0.1, 0.15) is 13.3 Å². The highest BCUT2D eigenvalue weighted by molar-refractivity contribution is 4.93. The Hall–Kier alpha value is -1.10. The summed E-state index contributed by atoms with van der Waals surface area (Å²) in [5.74, 6) is 0. The molecule has 0 amide bonds. The fourth-order valence-corrected chi connectivity index (χ4v) is 1.44. The Morgan fingerprint density at radius 3 is 3.38 bits per heavy atom. The van der Waals surface area contributed by atoms with Crippen LogP contribution in [0.25, 0.3) is 0 Å². The molecule has 1 saturated heterocycles. The molecule has 2 rings (SSSR count). The van der Waals surface area contributed by atoms with E-state index in [2.05, 4.69) is 15.4 Å². The Balaban J connectivity index is 1.99. The summed E-state index contributed by atoms with van der Waals surface area (Å²) in [4.78, 5) is 4.05. The summed E-state index contributed by atoms with van der Waals surface area (Å²) >= 11 is 0. The van der Waals surface area contributed by atoms with Crippen molar-refractivity contribution in [1.82, 2.24) is 20.1 Å². The number of hydrogen-bond acceptors (Lipinski definition) is 4. The second-order valence-corrected chi connectivity index (χ2v) is 3.09. The zero-order chi connectivity index (χ0) is 9.10. The molecule has 5 nitrogen and oxygen atoms in total. The van der Waals surface area contributed by atoms with Crippen molar-refractivity contribution in [3.63, 3.8) is 0 Å². The summed E-state index contributed by atoms with van der Waals surface area (Å²) in [6.07, 6.45) is 2.84. The lowest BCUT2D eigenvalue weighted by Crippen LogP contribution is -2.21. The first-order valence-electron chi connectivity index (χ1n) is 4.65. The number of ether oxygens (including phenoxy) is 1. The molecule has 2 heterocycles. The first-order valence-corrected chi connectivity index (χ1v) is 4.65. The molecule has 1 unspecified atom stereocenters. The van der Waals surface area contributed by atoms with Gasteiger partial charge in [0.05, 0.1) is 0 Å². The van der Waals surface area contributed by atoms with E-state index < -0.39 is 0 Å². The zero-order valence-electron chi connectivity index (χ0n) is 7.73. The Kier molecular flexibility index (Phi) is 2.44. The molecule has 1 aliphatic rings.